The van der Waals surface area contributed by atoms with Crippen LogP contribution < -0.4 is 5.32 Å². The molecule has 1 amide bonds. The van der Waals surface area contributed by atoms with Crippen molar-refractivity contribution >= 4 is 33.1 Å². The van der Waals surface area contributed by atoms with Crippen LogP contribution in [0.4, 0.5) is 5.82 Å². The van der Waals surface area contributed by atoms with Crippen molar-refractivity contribution < 1.29 is 9.21 Å². The first-order valence-corrected chi connectivity index (χ1v) is 11.0. The van der Waals surface area contributed by atoms with Gasteiger partial charge in [0.2, 0.25) is 11.8 Å². The SMILES string of the molecule is CCCN1Cc2nc(C)c(-c3nnc(C)o3)c(-c3cc4ccnc(NC)c4s3)c2C1=O. The molecule has 1 aliphatic heterocycles. The van der Waals surface area contributed by atoms with Gasteiger partial charge < -0.3 is 14.6 Å². The number of pyridine rings is 2. The quantitative estimate of drug-likeness (QED) is 0.496. The second-order valence-corrected chi connectivity index (χ2v) is 8.61. The Kier molecular flexibility index (Phi) is 4.70. The van der Waals surface area contributed by atoms with Gasteiger partial charge in [-0.05, 0) is 30.9 Å². The topological polar surface area (TPSA) is 97.0 Å². The number of hydrogen-bond donors (Lipinski definition) is 1. The number of thiophene rings is 1. The number of fused-ring (bicyclic) bond motifs is 2. The Morgan fingerprint density at radius 2 is 2.06 bits per heavy atom. The van der Waals surface area contributed by atoms with Crippen LogP contribution in [0.3, 0.4) is 0 Å². The molecule has 9 heteroatoms. The number of aryl methyl sites for hydroxylation is 2. The summed E-state index contributed by atoms with van der Waals surface area (Å²) in [5.74, 6) is 1.66. The van der Waals surface area contributed by atoms with Crippen molar-refractivity contribution in [3.63, 3.8) is 0 Å². The molecule has 0 unspecified atom stereocenters. The summed E-state index contributed by atoms with van der Waals surface area (Å²) in [7, 11) is 1.86. The molecule has 4 aromatic rings. The van der Waals surface area contributed by atoms with Crippen molar-refractivity contribution in [2.24, 2.45) is 0 Å². The Labute approximate surface area is 183 Å². The first-order chi connectivity index (χ1) is 15.0. The van der Waals surface area contributed by atoms with Gasteiger partial charge in [0.1, 0.15) is 5.82 Å². The first-order valence-electron chi connectivity index (χ1n) is 10.2. The van der Waals surface area contributed by atoms with Gasteiger partial charge in [-0.1, -0.05) is 6.92 Å². The van der Waals surface area contributed by atoms with Crippen LogP contribution in [0.15, 0.2) is 22.7 Å². The summed E-state index contributed by atoms with van der Waals surface area (Å²) in [6.45, 7) is 6.97. The van der Waals surface area contributed by atoms with E-state index >= 15 is 0 Å². The van der Waals surface area contributed by atoms with Gasteiger partial charge in [0.25, 0.3) is 5.91 Å². The minimum atomic E-state index is 0.00117. The van der Waals surface area contributed by atoms with Gasteiger partial charge in [-0.15, -0.1) is 21.5 Å². The molecule has 4 aromatic heterocycles. The van der Waals surface area contributed by atoms with Crippen molar-refractivity contribution in [2.75, 3.05) is 18.9 Å². The van der Waals surface area contributed by atoms with Gasteiger partial charge >= 0.3 is 0 Å². The Balaban J connectivity index is 1.82. The fourth-order valence-electron chi connectivity index (χ4n) is 4.14. The molecule has 5 rings (SSSR count). The standard InChI is InChI=1S/C22H22N6O2S/c1-5-8-28-10-14-17(22(28)29)18(16(11(2)25-14)21-27-26-12(3)30-21)15-9-13-6-7-24-20(23-4)19(13)31-15/h6-7,9H,5,8,10H2,1-4H3,(H,23,24). The number of aromatic nitrogens is 4. The highest BCUT2D eigenvalue weighted by Crippen LogP contribution is 2.45. The molecular weight excluding hydrogens is 412 g/mol. The van der Waals surface area contributed by atoms with Crippen LogP contribution in [0.25, 0.3) is 32.0 Å². The van der Waals surface area contributed by atoms with Crippen molar-refractivity contribution in [3.8, 4) is 21.9 Å². The second kappa shape index (κ2) is 7.42. The minimum Gasteiger partial charge on any atom is -0.421 e. The van der Waals surface area contributed by atoms with Gasteiger partial charge in [0.15, 0.2) is 0 Å². The van der Waals surface area contributed by atoms with E-state index in [9.17, 15) is 4.79 Å². The summed E-state index contributed by atoms with van der Waals surface area (Å²) < 4.78 is 6.83. The lowest BCUT2D eigenvalue weighted by Crippen LogP contribution is -2.24. The average Bonchev–Trinajstić information content (AvgIpc) is 3.45. The van der Waals surface area contributed by atoms with Crippen LogP contribution in [0.2, 0.25) is 0 Å². The van der Waals surface area contributed by atoms with E-state index < -0.39 is 0 Å². The lowest BCUT2D eigenvalue weighted by molar-refractivity contribution is 0.0779. The lowest BCUT2D eigenvalue weighted by Gasteiger charge is -2.14. The monoisotopic (exact) mass is 434 g/mol. The maximum absolute atomic E-state index is 13.4. The third-order valence-electron chi connectivity index (χ3n) is 5.44. The smallest absolute Gasteiger partial charge is 0.256 e. The van der Waals surface area contributed by atoms with Crippen LogP contribution in [0, 0.1) is 13.8 Å². The molecule has 0 aromatic carbocycles. The molecule has 1 aliphatic rings. The van der Waals surface area contributed by atoms with E-state index in [0.717, 1.165) is 49.7 Å². The summed E-state index contributed by atoms with van der Waals surface area (Å²) in [4.78, 5) is 25.4. The van der Waals surface area contributed by atoms with E-state index in [1.54, 1.807) is 24.5 Å². The van der Waals surface area contributed by atoms with E-state index in [0.29, 0.717) is 30.4 Å². The molecule has 31 heavy (non-hydrogen) atoms. The molecular formula is C22H22N6O2S. The summed E-state index contributed by atoms with van der Waals surface area (Å²) in [6, 6.07) is 4.08. The van der Waals surface area contributed by atoms with E-state index in [1.807, 2.05) is 24.9 Å². The van der Waals surface area contributed by atoms with Crippen LogP contribution in [0.5, 0.6) is 0 Å². The van der Waals surface area contributed by atoms with E-state index in [2.05, 4.69) is 33.5 Å². The number of carbonyl (C=O) groups excluding carboxylic acids is 1. The number of rotatable bonds is 5. The maximum Gasteiger partial charge on any atom is 0.256 e. The lowest BCUT2D eigenvalue weighted by atomic mass is 9.97. The van der Waals surface area contributed by atoms with Crippen molar-refractivity contribution in [1.82, 2.24) is 25.1 Å². The average molecular weight is 435 g/mol. The van der Waals surface area contributed by atoms with Crippen LogP contribution in [0.1, 0.15) is 41.0 Å². The van der Waals surface area contributed by atoms with E-state index in [-0.39, 0.29) is 5.91 Å². The highest BCUT2D eigenvalue weighted by molar-refractivity contribution is 7.22. The second-order valence-electron chi connectivity index (χ2n) is 7.56. The third-order valence-corrected chi connectivity index (χ3v) is 6.62. The van der Waals surface area contributed by atoms with Crippen molar-refractivity contribution in [2.45, 2.75) is 33.7 Å². The summed E-state index contributed by atoms with van der Waals surface area (Å²) in [5.41, 5.74) is 3.74. The predicted molar refractivity (Wildman–Crippen MR) is 120 cm³/mol. The number of anilines is 1. The molecule has 0 aliphatic carbocycles. The summed E-state index contributed by atoms with van der Waals surface area (Å²) >= 11 is 1.60. The van der Waals surface area contributed by atoms with E-state index in [4.69, 9.17) is 9.40 Å². The number of nitrogens with one attached hydrogen (secondary N) is 1. The van der Waals surface area contributed by atoms with Crippen molar-refractivity contribution in [1.29, 1.82) is 0 Å². The fourth-order valence-corrected chi connectivity index (χ4v) is 5.35. The predicted octanol–water partition coefficient (Wildman–Crippen LogP) is 4.43. The van der Waals surface area contributed by atoms with Crippen LogP contribution in [-0.4, -0.2) is 44.6 Å². The Bertz CT molecular complexity index is 1330. The molecule has 0 saturated heterocycles. The van der Waals surface area contributed by atoms with Gasteiger partial charge in [0.05, 0.1) is 33.8 Å². The van der Waals surface area contributed by atoms with Gasteiger partial charge in [0, 0.05) is 37.2 Å². The molecule has 5 heterocycles. The Morgan fingerprint density at radius 1 is 1.23 bits per heavy atom. The fraction of sp³-hybridized carbons (Fsp3) is 0.318. The highest BCUT2D eigenvalue weighted by atomic mass is 32.1. The first kappa shape index (κ1) is 19.6. The normalized spacial score (nSPS) is 13.3. The summed E-state index contributed by atoms with van der Waals surface area (Å²) in [6.07, 6.45) is 2.67. The van der Waals surface area contributed by atoms with Gasteiger partial charge in [-0.25, -0.2) is 4.98 Å². The maximum atomic E-state index is 13.4. The van der Waals surface area contributed by atoms with Crippen LogP contribution >= 0.6 is 11.3 Å². The van der Waals surface area contributed by atoms with Gasteiger partial charge in [-0.2, -0.15) is 0 Å². The molecule has 8 nitrogen and oxygen atoms in total. The molecule has 0 spiro atoms. The number of nitrogens with zero attached hydrogens (tertiary/aromatic N) is 5. The molecule has 1 N–H and O–H groups in total. The molecule has 0 saturated carbocycles. The van der Waals surface area contributed by atoms with Crippen LogP contribution in [-0.2, 0) is 6.54 Å². The molecule has 0 bridgehead atoms. The zero-order chi connectivity index (χ0) is 21.7. The minimum absolute atomic E-state index is 0.00117. The highest BCUT2D eigenvalue weighted by Gasteiger charge is 2.35. The molecule has 0 atom stereocenters. The molecule has 158 valence electrons. The zero-order valence-electron chi connectivity index (χ0n) is 17.8. The van der Waals surface area contributed by atoms with E-state index in [1.165, 1.54) is 0 Å². The summed E-state index contributed by atoms with van der Waals surface area (Å²) in [5, 5.41) is 12.5. The van der Waals surface area contributed by atoms with Crippen molar-refractivity contribution in [3.05, 3.63) is 41.2 Å². The van der Waals surface area contributed by atoms with Gasteiger partial charge in [-0.3, -0.25) is 9.78 Å². The Hall–Kier alpha value is -3.33. The zero-order valence-corrected chi connectivity index (χ0v) is 18.6. The largest absolute Gasteiger partial charge is 0.421 e. The number of carbonyl (C=O) groups is 1. The molecule has 0 radical (unpaired) electrons. The third kappa shape index (κ3) is 3.07. The number of hydrogen-bond acceptors (Lipinski definition) is 8. The number of amides is 1. The molecule has 0 fully saturated rings. The Morgan fingerprint density at radius 3 is 2.77 bits per heavy atom.